The minimum absolute atomic E-state index is 0.0206. The molecule has 1 fully saturated rings. The minimum atomic E-state index is 0.0206. The number of aromatic nitrogens is 2. The molecule has 1 aliphatic heterocycles. The number of rotatable bonds is 4. The second kappa shape index (κ2) is 6.87. The SMILES string of the molecule is CN(C)C(=O)C1CCCN1Cc1ccc(-c2cncnc2)cc1. The van der Waals surface area contributed by atoms with Crippen molar-refractivity contribution in [3.63, 3.8) is 0 Å². The van der Waals surface area contributed by atoms with Crippen LogP contribution in [0.2, 0.25) is 0 Å². The van der Waals surface area contributed by atoms with E-state index in [1.807, 2.05) is 26.5 Å². The molecule has 3 rings (SSSR count). The highest BCUT2D eigenvalue weighted by Crippen LogP contribution is 2.23. The van der Waals surface area contributed by atoms with E-state index in [1.165, 1.54) is 11.9 Å². The Morgan fingerprint density at radius 1 is 1.17 bits per heavy atom. The summed E-state index contributed by atoms with van der Waals surface area (Å²) in [5, 5.41) is 0. The molecule has 0 saturated carbocycles. The second-order valence-corrected chi connectivity index (χ2v) is 6.19. The van der Waals surface area contributed by atoms with Crippen molar-refractivity contribution in [3.05, 3.63) is 48.5 Å². The summed E-state index contributed by atoms with van der Waals surface area (Å²) >= 11 is 0. The zero-order valence-electron chi connectivity index (χ0n) is 13.6. The van der Waals surface area contributed by atoms with E-state index in [1.54, 1.807) is 4.90 Å². The summed E-state index contributed by atoms with van der Waals surface area (Å²) in [6.07, 6.45) is 7.20. The lowest BCUT2D eigenvalue weighted by Gasteiger charge is -2.26. The Hall–Kier alpha value is -2.27. The molecule has 1 amide bonds. The Kier molecular flexibility index (Phi) is 4.67. The van der Waals surface area contributed by atoms with Gasteiger partial charge in [0.15, 0.2) is 0 Å². The average Bonchev–Trinajstić information content (AvgIpc) is 3.03. The number of carbonyl (C=O) groups is 1. The van der Waals surface area contributed by atoms with E-state index in [0.29, 0.717) is 0 Å². The summed E-state index contributed by atoms with van der Waals surface area (Å²) in [6, 6.07) is 8.45. The van der Waals surface area contributed by atoms with E-state index in [4.69, 9.17) is 0 Å². The van der Waals surface area contributed by atoms with Crippen LogP contribution in [0, 0.1) is 0 Å². The summed E-state index contributed by atoms with van der Waals surface area (Å²) in [5.41, 5.74) is 3.35. The Bertz CT molecular complexity index is 654. The molecule has 1 atom stereocenters. The summed E-state index contributed by atoms with van der Waals surface area (Å²) in [4.78, 5) is 24.3. The van der Waals surface area contributed by atoms with Gasteiger partial charge in [0.1, 0.15) is 6.33 Å². The first-order valence-corrected chi connectivity index (χ1v) is 7.94. The summed E-state index contributed by atoms with van der Waals surface area (Å²) in [5.74, 6) is 0.209. The van der Waals surface area contributed by atoms with Gasteiger partial charge in [0.2, 0.25) is 5.91 Å². The zero-order chi connectivity index (χ0) is 16.2. The molecule has 5 nitrogen and oxygen atoms in total. The molecule has 1 aliphatic rings. The van der Waals surface area contributed by atoms with E-state index in [9.17, 15) is 4.79 Å². The van der Waals surface area contributed by atoms with Gasteiger partial charge in [-0.3, -0.25) is 9.69 Å². The van der Waals surface area contributed by atoms with Crippen molar-refractivity contribution in [2.75, 3.05) is 20.6 Å². The summed E-state index contributed by atoms with van der Waals surface area (Å²) < 4.78 is 0. The number of benzene rings is 1. The molecule has 1 unspecified atom stereocenters. The van der Waals surface area contributed by atoms with Crippen LogP contribution in [0.3, 0.4) is 0 Å². The van der Waals surface area contributed by atoms with Crippen LogP contribution >= 0.6 is 0 Å². The van der Waals surface area contributed by atoms with Gasteiger partial charge in [0.25, 0.3) is 0 Å². The van der Waals surface area contributed by atoms with Crippen molar-refractivity contribution in [1.29, 1.82) is 0 Å². The number of likely N-dealkylation sites (N-methyl/N-ethyl adjacent to an activating group) is 1. The van der Waals surface area contributed by atoms with Crippen LogP contribution in [-0.4, -0.2) is 52.4 Å². The van der Waals surface area contributed by atoms with Crippen molar-refractivity contribution in [2.24, 2.45) is 0 Å². The fourth-order valence-electron chi connectivity index (χ4n) is 3.08. The number of likely N-dealkylation sites (tertiary alicyclic amines) is 1. The molecule has 1 saturated heterocycles. The maximum atomic E-state index is 12.3. The fourth-order valence-corrected chi connectivity index (χ4v) is 3.08. The number of hydrogen-bond acceptors (Lipinski definition) is 4. The average molecular weight is 310 g/mol. The summed E-state index contributed by atoms with van der Waals surface area (Å²) in [6.45, 7) is 1.80. The van der Waals surface area contributed by atoms with Crippen LogP contribution in [-0.2, 0) is 11.3 Å². The molecule has 0 N–H and O–H groups in total. The highest BCUT2D eigenvalue weighted by molar-refractivity contribution is 5.81. The maximum Gasteiger partial charge on any atom is 0.239 e. The molecule has 23 heavy (non-hydrogen) atoms. The molecule has 120 valence electrons. The first-order valence-electron chi connectivity index (χ1n) is 7.94. The largest absolute Gasteiger partial charge is 0.347 e. The third-order valence-electron chi connectivity index (χ3n) is 4.32. The second-order valence-electron chi connectivity index (χ2n) is 6.19. The van der Waals surface area contributed by atoms with Crippen LogP contribution in [0.5, 0.6) is 0 Å². The minimum Gasteiger partial charge on any atom is -0.347 e. The van der Waals surface area contributed by atoms with E-state index in [-0.39, 0.29) is 11.9 Å². The van der Waals surface area contributed by atoms with E-state index >= 15 is 0 Å². The van der Waals surface area contributed by atoms with Gasteiger partial charge in [-0.25, -0.2) is 9.97 Å². The molecule has 0 spiro atoms. The van der Waals surface area contributed by atoms with Crippen LogP contribution in [0.15, 0.2) is 43.0 Å². The van der Waals surface area contributed by atoms with Crippen molar-refractivity contribution >= 4 is 5.91 Å². The number of amides is 1. The Balaban J connectivity index is 1.70. The molecule has 1 aromatic carbocycles. The van der Waals surface area contributed by atoms with Gasteiger partial charge in [0.05, 0.1) is 6.04 Å². The molecule has 0 aliphatic carbocycles. The molecule has 2 heterocycles. The van der Waals surface area contributed by atoms with E-state index < -0.39 is 0 Å². The smallest absolute Gasteiger partial charge is 0.239 e. The van der Waals surface area contributed by atoms with Gasteiger partial charge in [-0.1, -0.05) is 24.3 Å². The predicted octanol–water partition coefficient (Wildman–Crippen LogP) is 2.20. The van der Waals surface area contributed by atoms with Gasteiger partial charge in [-0.2, -0.15) is 0 Å². The lowest BCUT2D eigenvalue weighted by atomic mass is 10.1. The normalized spacial score (nSPS) is 18.1. The maximum absolute atomic E-state index is 12.3. The highest BCUT2D eigenvalue weighted by atomic mass is 16.2. The molecular formula is C18H22N4O. The van der Waals surface area contributed by atoms with Crippen LogP contribution in [0.4, 0.5) is 0 Å². The van der Waals surface area contributed by atoms with Crippen LogP contribution in [0.1, 0.15) is 18.4 Å². The molecule has 0 bridgehead atoms. The van der Waals surface area contributed by atoms with Crippen molar-refractivity contribution in [3.8, 4) is 11.1 Å². The Labute approximate surface area is 137 Å². The number of carbonyl (C=O) groups excluding carboxylic acids is 1. The first-order chi connectivity index (χ1) is 11.1. The molecule has 1 aromatic heterocycles. The molecular weight excluding hydrogens is 288 g/mol. The van der Waals surface area contributed by atoms with Crippen molar-refractivity contribution in [1.82, 2.24) is 19.8 Å². The van der Waals surface area contributed by atoms with E-state index in [2.05, 4.69) is 39.1 Å². The highest BCUT2D eigenvalue weighted by Gasteiger charge is 2.31. The number of hydrogen-bond donors (Lipinski definition) is 0. The standard InChI is InChI=1S/C18H22N4O/c1-21(2)18(23)17-4-3-9-22(17)12-14-5-7-15(8-6-14)16-10-19-13-20-11-16/h5-8,10-11,13,17H,3-4,9,12H2,1-2H3. The third kappa shape index (κ3) is 3.56. The molecule has 0 radical (unpaired) electrons. The van der Waals surface area contributed by atoms with Crippen LogP contribution < -0.4 is 0 Å². The lowest BCUT2D eigenvalue weighted by molar-refractivity contribution is -0.133. The fraction of sp³-hybridized carbons (Fsp3) is 0.389. The molecule has 2 aromatic rings. The quantitative estimate of drug-likeness (QED) is 0.868. The first kappa shape index (κ1) is 15.6. The summed E-state index contributed by atoms with van der Waals surface area (Å²) in [7, 11) is 3.66. The van der Waals surface area contributed by atoms with Gasteiger partial charge >= 0.3 is 0 Å². The zero-order valence-corrected chi connectivity index (χ0v) is 13.6. The third-order valence-corrected chi connectivity index (χ3v) is 4.32. The van der Waals surface area contributed by atoms with Gasteiger partial charge in [-0.15, -0.1) is 0 Å². The van der Waals surface area contributed by atoms with E-state index in [0.717, 1.165) is 37.1 Å². The van der Waals surface area contributed by atoms with Crippen molar-refractivity contribution in [2.45, 2.75) is 25.4 Å². The van der Waals surface area contributed by atoms with Crippen molar-refractivity contribution < 1.29 is 4.79 Å². The van der Waals surface area contributed by atoms with Gasteiger partial charge < -0.3 is 4.90 Å². The predicted molar refractivity (Wildman–Crippen MR) is 89.6 cm³/mol. The Morgan fingerprint density at radius 2 is 1.87 bits per heavy atom. The number of nitrogens with zero attached hydrogens (tertiary/aromatic N) is 4. The topological polar surface area (TPSA) is 49.3 Å². The molecule has 5 heteroatoms. The Morgan fingerprint density at radius 3 is 2.52 bits per heavy atom. The van der Waals surface area contributed by atoms with Gasteiger partial charge in [0, 0.05) is 38.6 Å². The van der Waals surface area contributed by atoms with Gasteiger partial charge in [-0.05, 0) is 30.5 Å². The monoisotopic (exact) mass is 310 g/mol. The lowest BCUT2D eigenvalue weighted by Crippen LogP contribution is -2.42. The van der Waals surface area contributed by atoms with Crippen LogP contribution in [0.25, 0.3) is 11.1 Å².